The first-order chi connectivity index (χ1) is 14.4. The van der Waals surface area contributed by atoms with Crippen LogP contribution in [0.4, 0.5) is 5.82 Å². The highest BCUT2D eigenvalue weighted by atomic mass is 32.2. The van der Waals surface area contributed by atoms with E-state index in [0.717, 1.165) is 51.8 Å². The van der Waals surface area contributed by atoms with Gasteiger partial charge in [-0.2, -0.15) is 4.31 Å². The molecular formula is C23H26N4O2S. The van der Waals surface area contributed by atoms with E-state index in [1.165, 1.54) is 19.1 Å². The molecular weight excluding hydrogens is 396 g/mol. The average molecular weight is 423 g/mol. The Balaban J connectivity index is 1.52. The van der Waals surface area contributed by atoms with Crippen LogP contribution in [0.3, 0.4) is 0 Å². The molecule has 5 rings (SSSR count). The largest absolute Gasteiger partial charge is 0.367 e. The molecule has 2 fully saturated rings. The topological polar surface area (TPSA) is 75.2 Å². The number of aromatic nitrogens is 2. The summed E-state index contributed by atoms with van der Waals surface area (Å²) >= 11 is 0. The molecule has 7 heteroatoms. The van der Waals surface area contributed by atoms with Crippen LogP contribution in [0.5, 0.6) is 0 Å². The summed E-state index contributed by atoms with van der Waals surface area (Å²) in [6.07, 6.45) is 7.19. The lowest BCUT2D eigenvalue weighted by molar-refractivity contribution is 0.402. The fourth-order valence-corrected chi connectivity index (χ4v) is 5.09. The van der Waals surface area contributed by atoms with E-state index in [2.05, 4.69) is 46.5 Å². The molecule has 0 saturated heterocycles. The van der Waals surface area contributed by atoms with Crippen molar-refractivity contribution in [3.8, 4) is 11.1 Å². The molecule has 0 atom stereocenters. The third-order valence-electron chi connectivity index (χ3n) is 5.86. The summed E-state index contributed by atoms with van der Waals surface area (Å²) in [6.45, 7) is 2.51. The summed E-state index contributed by atoms with van der Waals surface area (Å²) in [6, 6.07) is 13.1. The lowest BCUT2D eigenvalue weighted by Gasteiger charge is -2.20. The summed E-state index contributed by atoms with van der Waals surface area (Å²) in [5, 5.41) is 4.53. The van der Waals surface area contributed by atoms with Crippen molar-refractivity contribution >= 4 is 26.7 Å². The molecule has 0 spiro atoms. The highest BCUT2D eigenvalue weighted by Gasteiger charge is 2.34. The van der Waals surface area contributed by atoms with Gasteiger partial charge in [0.05, 0.1) is 11.8 Å². The number of anilines is 1. The minimum absolute atomic E-state index is 0.152. The molecule has 0 bridgehead atoms. The van der Waals surface area contributed by atoms with Crippen molar-refractivity contribution in [1.29, 1.82) is 0 Å². The van der Waals surface area contributed by atoms with Crippen molar-refractivity contribution in [3.63, 3.8) is 0 Å². The van der Waals surface area contributed by atoms with Crippen molar-refractivity contribution in [1.82, 2.24) is 14.3 Å². The molecule has 1 aromatic heterocycles. The van der Waals surface area contributed by atoms with Crippen LogP contribution in [0.15, 0.2) is 42.7 Å². The van der Waals surface area contributed by atoms with Gasteiger partial charge in [-0.15, -0.1) is 0 Å². The van der Waals surface area contributed by atoms with E-state index in [-0.39, 0.29) is 6.04 Å². The van der Waals surface area contributed by atoms with Crippen molar-refractivity contribution in [2.75, 3.05) is 11.6 Å². The second kappa shape index (κ2) is 7.32. The zero-order valence-electron chi connectivity index (χ0n) is 17.3. The summed E-state index contributed by atoms with van der Waals surface area (Å²) in [5.74, 6) is 0.886. The molecule has 0 amide bonds. The van der Waals surface area contributed by atoms with Gasteiger partial charge in [-0.25, -0.2) is 18.4 Å². The van der Waals surface area contributed by atoms with E-state index in [4.69, 9.17) is 0 Å². The minimum Gasteiger partial charge on any atom is -0.367 e. The van der Waals surface area contributed by atoms with Crippen LogP contribution in [-0.4, -0.2) is 41.0 Å². The van der Waals surface area contributed by atoms with Crippen LogP contribution in [-0.2, 0) is 16.6 Å². The van der Waals surface area contributed by atoms with Crippen molar-refractivity contribution in [2.45, 2.75) is 51.2 Å². The first-order valence-corrected chi connectivity index (χ1v) is 12.3. The maximum atomic E-state index is 12.2. The highest BCUT2D eigenvalue weighted by molar-refractivity contribution is 7.88. The summed E-state index contributed by atoms with van der Waals surface area (Å²) in [7, 11) is -3.22. The quantitative estimate of drug-likeness (QED) is 0.620. The van der Waals surface area contributed by atoms with Gasteiger partial charge in [0.25, 0.3) is 0 Å². The van der Waals surface area contributed by atoms with Gasteiger partial charge in [0.1, 0.15) is 12.1 Å². The Morgan fingerprint density at radius 1 is 1.10 bits per heavy atom. The van der Waals surface area contributed by atoms with Crippen LogP contribution >= 0.6 is 0 Å². The van der Waals surface area contributed by atoms with Gasteiger partial charge in [-0.05, 0) is 73.1 Å². The van der Waals surface area contributed by atoms with Crippen LogP contribution in [0.25, 0.3) is 22.0 Å². The van der Waals surface area contributed by atoms with Gasteiger partial charge < -0.3 is 5.32 Å². The van der Waals surface area contributed by atoms with Crippen molar-refractivity contribution in [2.24, 2.45) is 0 Å². The number of fused-ring (bicyclic) bond motifs is 1. The Morgan fingerprint density at radius 2 is 1.90 bits per heavy atom. The molecule has 6 nitrogen and oxygen atoms in total. The molecule has 30 heavy (non-hydrogen) atoms. The Kier molecular flexibility index (Phi) is 4.75. The number of hydrogen-bond acceptors (Lipinski definition) is 5. The van der Waals surface area contributed by atoms with E-state index in [9.17, 15) is 8.42 Å². The first kappa shape index (κ1) is 19.5. The van der Waals surface area contributed by atoms with Gasteiger partial charge in [0.15, 0.2) is 0 Å². The number of rotatable bonds is 7. The maximum Gasteiger partial charge on any atom is 0.211 e. The predicted octanol–water partition coefficient (Wildman–Crippen LogP) is 4.10. The predicted molar refractivity (Wildman–Crippen MR) is 120 cm³/mol. The lowest BCUT2D eigenvalue weighted by Crippen LogP contribution is -2.31. The van der Waals surface area contributed by atoms with Gasteiger partial charge in [0, 0.05) is 24.0 Å². The third-order valence-corrected chi connectivity index (χ3v) is 7.14. The molecule has 1 heterocycles. The van der Waals surface area contributed by atoms with Gasteiger partial charge in [-0.3, -0.25) is 0 Å². The Hall–Kier alpha value is -2.51. The minimum atomic E-state index is -3.22. The smallest absolute Gasteiger partial charge is 0.211 e. The summed E-state index contributed by atoms with van der Waals surface area (Å²) in [4.78, 5) is 8.92. The SMILES string of the molecule is Cc1cc2ncnc(NC3CC3)c2cc1-c1cccc(CN(C2CC2)S(C)(=O)=O)c1. The van der Waals surface area contributed by atoms with Crippen LogP contribution in [0.2, 0.25) is 0 Å². The third kappa shape index (κ3) is 4.04. The number of aryl methyl sites for hydroxylation is 1. The number of sulfonamides is 1. The standard InChI is InChI=1S/C23H26N4O2S/c1-15-10-22-21(23(25-14-24-22)26-18-6-7-18)12-20(15)17-5-3-4-16(11-17)13-27(19-8-9-19)30(2,28)29/h3-5,10-12,14,18-19H,6-9,13H2,1-2H3,(H,24,25,26). The molecule has 3 aromatic rings. The summed E-state index contributed by atoms with van der Waals surface area (Å²) in [5.41, 5.74) is 5.28. The molecule has 2 aliphatic rings. The van der Waals surface area contributed by atoms with E-state index in [0.29, 0.717) is 12.6 Å². The van der Waals surface area contributed by atoms with Crippen molar-refractivity contribution in [3.05, 3.63) is 53.9 Å². The van der Waals surface area contributed by atoms with Crippen molar-refractivity contribution < 1.29 is 8.42 Å². The van der Waals surface area contributed by atoms with E-state index >= 15 is 0 Å². The first-order valence-electron chi connectivity index (χ1n) is 10.5. The lowest BCUT2D eigenvalue weighted by atomic mass is 9.97. The molecule has 1 N–H and O–H groups in total. The Bertz CT molecular complexity index is 1220. The van der Waals surface area contributed by atoms with E-state index in [1.54, 1.807) is 10.6 Å². The molecule has 0 radical (unpaired) electrons. The highest BCUT2D eigenvalue weighted by Crippen LogP contribution is 2.34. The fraction of sp³-hybridized carbons (Fsp3) is 0.391. The molecule has 2 aromatic carbocycles. The van der Waals surface area contributed by atoms with E-state index in [1.807, 2.05) is 12.1 Å². The average Bonchev–Trinajstić information content (AvgIpc) is 3.60. The Morgan fingerprint density at radius 3 is 2.60 bits per heavy atom. The number of benzene rings is 2. The molecule has 0 aliphatic heterocycles. The number of hydrogen-bond donors (Lipinski definition) is 1. The second-order valence-corrected chi connectivity index (χ2v) is 10.5. The fourth-order valence-electron chi connectivity index (χ4n) is 3.95. The number of nitrogens with zero attached hydrogens (tertiary/aromatic N) is 3. The van der Waals surface area contributed by atoms with E-state index < -0.39 is 10.0 Å². The van der Waals surface area contributed by atoms with Crippen LogP contribution < -0.4 is 5.32 Å². The maximum absolute atomic E-state index is 12.2. The van der Waals surface area contributed by atoms with Gasteiger partial charge >= 0.3 is 0 Å². The monoisotopic (exact) mass is 422 g/mol. The van der Waals surface area contributed by atoms with Gasteiger partial charge in [-0.1, -0.05) is 18.2 Å². The molecule has 2 saturated carbocycles. The molecule has 0 unspecified atom stereocenters. The van der Waals surface area contributed by atoms with Crippen LogP contribution in [0.1, 0.15) is 36.8 Å². The molecule has 156 valence electrons. The second-order valence-electron chi connectivity index (χ2n) is 8.56. The van der Waals surface area contributed by atoms with Crippen LogP contribution in [0, 0.1) is 6.92 Å². The van der Waals surface area contributed by atoms with Gasteiger partial charge in [0.2, 0.25) is 10.0 Å². The normalized spacial score (nSPS) is 16.9. The Labute approximate surface area is 177 Å². The molecule has 2 aliphatic carbocycles. The zero-order valence-corrected chi connectivity index (χ0v) is 18.1. The summed E-state index contributed by atoms with van der Waals surface area (Å²) < 4.78 is 26.0. The zero-order chi connectivity index (χ0) is 20.9. The number of nitrogens with one attached hydrogen (secondary N) is 1.